The smallest absolute Gasteiger partial charge is 0.278 e. The molecule has 1 saturated heterocycles. The van der Waals surface area contributed by atoms with Gasteiger partial charge in [-0.25, -0.2) is 4.98 Å². The first-order valence-corrected chi connectivity index (χ1v) is 7.15. The van der Waals surface area contributed by atoms with Gasteiger partial charge in [0.2, 0.25) is 4.96 Å². The van der Waals surface area contributed by atoms with E-state index in [4.69, 9.17) is 0 Å². The molecule has 18 heavy (non-hydrogen) atoms. The highest BCUT2D eigenvalue weighted by Gasteiger charge is 2.21. The molecule has 0 spiro atoms. The number of aromatic nitrogens is 3. The van der Waals surface area contributed by atoms with E-state index in [0.717, 1.165) is 29.2 Å². The fourth-order valence-corrected chi connectivity index (χ4v) is 3.48. The van der Waals surface area contributed by atoms with Crippen LogP contribution in [0.5, 0.6) is 0 Å². The van der Waals surface area contributed by atoms with Crippen molar-refractivity contribution in [3.8, 4) is 0 Å². The first-order chi connectivity index (χ1) is 8.70. The molecule has 3 heterocycles. The Hall–Kier alpha value is -1.27. The van der Waals surface area contributed by atoms with E-state index in [9.17, 15) is 4.79 Å². The van der Waals surface area contributed by atoms with Crippen molar-refractivity contribution in [2.75, 3.05) is 6.54 Å². The molecule has 0 radical (unpaired) electrons. The molecule has 2 aromatic heterocycles. The minimum Gasteiger partial charge on any atom is -0.308 e. The molecule has 0 bridgehead atoms. The van der Waals surface area contributed by atoms with Gasteiger partial charge in [0.1, 0.15) is 5.01 Å². The van der Waals surface area contributed by atoms with Crippen LogP contribution in [0.15, 0.2) is 4.79 Å². The average molecular weight is 264 g/mol. The van der Waals surface area contributed by atoms with Crippen LogP contribution in [0.1, 0.15) is 42.1 Å². The molecule has 6 heteroatoms. The Balaban J connectivity index is 2.17. The van der Waals surface area contributed by atoms with Crippen molar-refractivity contribution in [1.82, 2.24) is 19.9 Å². The van der Waals surface area contributed by atoms with E-state index in [1.54, 1.807) is 0 Å². The topological polar surface area (TPSA) is 59.3 Å². The zero-order chi connectivity index (χ0) is 12.7. The van der Waals surface area contributed by atoms with Crippen LogP contribution >= 0.6 is 11.3 Å². The Morgan fingerprint density at radius 3 is 3.06 bits per heavy atom. The molecular weight excluding hydrogens is 248 g/mol. The summed E-state index contributed by atoms with van der Waals surface area (Å²) in [5, 5.41) is 8.82. The normalized spacial score (nSPS) is 19.8. The summed E-state index contributed by atoms with van der Waals surface area (Å²) in [5.74, 6) is 0. The third kappa shape index (κ3) is 1.76. The highest BCUT2D eigenvalue weighted by atomic mass is 32.1. The second-order valence-corrected chi connectivity index (χ2v) is 5.61. The van der Waals surface area contributed by atoms with Gasteiger partial charge >= 0.3 is 0 Å². The molecular formula is C12H16N4OS. The molecule has 0 amide bonds. The summed E-state index contributed by atoms with van der Waals surface area (Å²) < 4.78 is 1.46. The van der Waals surface area contributed by atoms with Crippen molar-refractivity contribution < 1.29 is 0 Å². The number of rotatable bonds is 2. The minimum atomic E-state index is -0.0134. The molecule has 1 N–H and O–H groups in total. The van der Waals surface area contributed by atoms with Gasteiger partial charge in [0.25, 0.3) is 5.56 Å². The summed E-state index contributed by atoms with van der Waals surface area (Å²) in [6, 6.07) is 0.293. The second-order valence-electron chi connectivity index (χ2n) is 4.62. The fraction of sp³-hybridized carbons (Fsp3) is 0.583. The van der Waals surface area contributed by atoms with E-state index >= 15 is 0 Å². The molecule has 0 saturated carbocycles. The van der Waals surface area contributed by atoms with E-state index in [1.807, 2.05) is 13.8 Å². The Bertz CT molecular complexity index is 639. The first-order valence-electron chi connectivity index (χ1n) is 6.33. The highest BCUT2D eigenvalue weighted by Crippen LogP contribution is 2.26. The van der Waals surface area contributed by atoms with Gasteiger partial charge in [-0.2, -0.15) is 9.61 Å². The van der Waals surface area contributed by atoms with Crippen molar-refractivity contribution >= 4 is 16.3 Å². The average Bonchev–Trinajstić information content (AvgIpc) is 2.96. The van der Waals surface area contributed by atoms with Crippen LogP contribution in [0, 0.1) is 6.92 Å². The standard InChI is InChI=1S/C12H16N4OS/c1-3-8-7(2)14-12-16(11(8)17)15-10(18-12)9-5-4-6-13-9/h9,13H,3-6H2,1-2H3/t9-/m1/s1. The van der Waals surface area contributed by atoms with Gasteiger partial charge in [0.05, 0.1) is 6.04 Å². The van der Waals surface area contributed by atoms with E-state index in [0.29, 0.717) is 17.4 Å². The molecule has 1 aliphatic rings. The van der Waals surface area contributed by atoms with E-state index < -0.39 is 0 Å². The largest absolute Gasteiger partial charge is 0.308 e. The lowest BCUT2D eigenvalue weighted by Crippen LogP contribution is -2.21. The van der Waals surface area contributed by atoms with Gasteiger partial charge in [0, 0.05) is 11.3 Å². The maximum Gasteiger partial charge on any atom is 0.278 e. The maximum absolute atomic E-state index is 12.3. The van der Waals surface area contributed by atoms with Crippen molar-refractivity contribution in [3.63, 3.8) is 0 Å². The molecule has 1 atom stereocenters. The van der Waals surface area contributed by atoms with Crippen LogP contribution in [-0.4, -0.2) is 21.1 Å². The van der Waals surface area contributed by atoms with Gasteiger partial charge in [-0.1, -0.05) is 18.3 Å². The van der Waals surface area contributed by atoms with E-state index in [1.165, 1.54) is 22.3 Å². The van der Waals surface area contributed by atoms with Crippen molar-refractivity contribution in [1.29, 1.82) is 0 Å². The Morgan fingerprint density at radius 2 is 2.39 bits per heavy atom. The maximum atomic E-state index is 12.3. The summed E-state index contributed by atoms with van der Waals surface area (Å²) in [4.78, 5) is 17.5. The van der Waals surface area contributed by atoms with Gasteiger partial charge < -0.3 is 5.32 Å². The summed E-state index contributed by atoms with van der Waals surface area (Å²) in [6.07, 6.45) is 2.96. The number of hydrogen-bond acceptors (Lipinski definition) is 5. The SMILES string of the molecule is CCc1c(C)nc2sc([C@H]3CCCN3)nn2c1=O. The minimum absolute atomic E-state index is 0.0134. The van der Waals surface area contributed by atoms with Crippen LogP contribution in [-0.2, 0) is 6.42 Å². The van der Waals surface area contributed by atoms with Gasteiger partial charge in [-0.15, -0.1) is 0 Å². The molecule has 0 aromatic carbocycles. The lowest BCUT2D eigenvalue weighted by atomic mass is 10.2. The third-order valence-electron chi connectivity index (χ3n) is 3.44. The van der Waals surface area contributed by atoms with Crippen LogP contribution < -0.4 is 10.9 Å². The first kappa shape index (κ1) is 11.8. The Kier molecular flexibility index (Phi) is 2.91. The van der Waals surface area contributed by atoms with Crippen LogP contribution in [0.2, 0.25) is 0 Å². The lowest BCUT2D eigenvalue weighted by molar-refractivity contribution is 0.627. The van der Waals surface area contributed by atoms with Gasteiger partial charge in [-0.05, 0) is 32.7 Å². The summed E-state index contributed by atoms with van der Waals surface area (Å²) in [5.41, 5.74) is 1.58. The van der Waals surface area contributed by atoms with E-state index in [-0.39, 0.29) is 5.56 Å². The Labute approximate surface area is 109 Å². The summed E-state index contributed by atoms with van der Waals surface area (Å²) in [6.45, 7) is 4.90. The Morgan fingerprint density at radius 1 is 1.56 bits per heavy atom. The number of aryl methyl sites for hydroxylation is 1. The van der Waals surface area contributed by atoms with Crippen molar-refractivity contribution in [3.05, 3.63) is 26.6 Å². The highest BCUT2D eigenvalue weighted by molar-refractivity contribution is 7.16. The molecule has 0 unspecified atom stereocenters. The fourth-order valence-electron chi connectivity index (χ4n) is 2.44. The number of fused-ring (bicyclic) bond motifs is 1. The predicted octanol–water partition coefficient (Wildman–Crippen LogP) is 1.45. The predicted molar refractivity (Wildman–Crippen MR) is 71.2 cm³/mol. The van der Waals surface area contributed by atoms with Gasteiger partial charge in [-0.3, -0.25) is 4.79 Å². The van der Waals surface area contributed by atoms with E-state index in [2.05, 4.69) is 15.4 Å². The molecule has 5 nitrogen and oxygen atoms in total. The number of nitrogens with zero attached hydrogens (tertiary/aromatic N) is 3. The molecule has 96 valence electrons. The van der Waals surface area contributed by atoms with Crippen molar-refractivity contribution in [2.24, 2.45) is 0 Å². The zero-order valence-corrected chi connectivity index (χ0v) is 11.4. The monoisotopic (exact) mass is 264 g/mol. The molecule has 0 aliphatic carbocycles. The zero-order valence-electron chi connectivity index (χ0n) is 10.6. The number of nitrogens with one attached hydrogen (secondary N) is 1. The molecule has 2 aromatic rings. The van der Waals surface area contributed by atoms with Crippen LogP contribution in [0.3, 0.4) is 0 Å². The second kappa shape index (κ2) is 4.44. The van der Waals surface area contributed by atoms with Crippen LogP contribution in [0.25, 0.3) is 4.96 Å². The van der Waals surface area contributed by atoms with Gasteiger partial charge in [0.15, 0.2) is 0 Å². The lowest BCUT2D eigenvalue weighted by Gasteiger charge is -2.02. The summed E-state index contributed by atoms with van der Waals surface area (Å²) in [7, 11) is 0. The quantitative estimate of drug-likeness (QED) is 0.892. The van der Waals surface area contributed by atoms with Crippen molar-refractivity contribution in [2.45, 2.75) is 39.2 Å². The summed E-state index contributed by atoms with van der Waals surface area (Å²) >= 11 is 1.52. The molecule has 1 aliphatic heterocycles. The molecule has 3 rings (SSSR count). The third-order valence-corrected chi connectivity index (χ3v) is 4.46. The molecule has 1 fully saturated rings. The van der Waals surface area contributed by atoms with Crippen LogP contribution in [0.4, 0.5) is 0 Å². The number of hydrogen-bond donors (Lipinski definition) is 1.